The molecule has 12 heteroatoms. The van der Waals surface area contributed by atoms with Crippen molar-refractivity contribution in [3.63, 3.8) is 0 Å². The largest absolute Gasteiger partial charge is 0.481 e. The van der Waals surface area contributed by atoms with Crippen molar-refractivity contribution in [3.05, 3.63) is 0 Å². The Balaban J connectivity index is 4.75. The second-order valence-electron chi connectivity index (χ2n) is 6.23. The molecule has 28 heavy (non-hydrogen) atoms. The zero-order valence-electron chi connectivity index (χ0n) is 15.8. The standard InChI is InChI=1S/C16H29N5O7/c1-9(20-15(27)10(18)4-2-3-7-17)14(26)21-11(5-6-12(22)23)16(28)19-8-13(24)25/h9-11H,2-8,17-18H2,1H3,(H,19,28)(H,20,27)(H,21,26)(H,22,23)(H,24,25). The summed E-state index contributed by atoms with van der Waals surface area (Å²) in [6.07, 6.45) is 1.11. The Morgan fingerprint density at radius 3 is 2.07 bits per heavy atom. The Bertz CT molecular complexity index is 570. The highest BCUT2D eigenvalue weighted by Gasteiger charge is 2.26. The van der Waals surface area contributed by atoms with Crippen LogP contribution in [0.3, 0.4) is 0 Å². The van der Waals surface area contributed by atoms with Gasteiger partial charge < -0.3 is 37.6 Å². The SMILES string of the molecule is CC(NC(=O)C(N)CCCCN)C(=O)NC(CCC(=O)O)C(=O)NCC(=O)O. The zero-order valence-corrected chi connectivity index (χ0v) is 15.8. The molecule has 0 aromatic carbocycles. The lowest BCUT2D eigenvalue weighted by Gasteiger charge is -2.21. The van der Waals surface area contributed by atoms with Gasteiger partial charge in [-0.3, -0.25) is 24.0 Å². The van der Waals surface area contributed by atoms with E-state index >= 15 is 0 Å². The van der Waals surface area contributed by atoms with E-state index in [1.54, 1.807) is 0 Å². The molecule has 3 amide bonds. The van der Waals surface area contributed by atoms with E-state index in [0.29, 0.717) is 25.8 Å². The van der Waals surface area contributed by atoms with Crippen LogP contribution >= 0.6 is 0 Å². The number of hydrogen-bond acceptors (Lipinski definition) is 7. The van der Waals surface area contributed by atoms with E-state index in [1.807, 2.05) is 0 Å². The molecule has 0 aromatic heterocycles. The number of carboxylic acids is 2. The van der Waals surface area contributed by atoms with Gasteiger partial charge in [-0.2, -0.15) is 0 Å². The van der Waals surface area contributed by atoms with Crippen molar-refractivity contribution in [2.75, 3.05) is 13.1 Å². The van der Waals surface area contributed by atoms with Crippen LogP contribution in [0.1, 0.15) is 39.0 Å². The number of aliphatic carboxylic acids is 2. The molecular formula is C16H29N5O7. The van der Waals surface area contributed by atoms with Gasteiger partial charge in [-0.05, 0) is 32.7 Å². The molecule has 0 radical (unpaired) electrons. The van der Waals surface area contributed by atoms with Crippen molar-refractivity contribution >= 4 is 29.7 Å². The molecule has 9 N–H and O–H groups in total. The van der Waals surface area contributed by atoms with Crippen LogP contribution in [-0.4, -0.2) is 71.1 Å². The summed E-state index contributed by atoms with van der Waals surface area (Å²) in [6.45, 7) is 1.18. The molecule has 3 atom stereocenters. The van der Waals surface area contributed by atoms with Crippen molar-refractivity contribution in [1.29, 1.82) is 0 Å². The maximum absolute atomic E-state index is 12.2. The van der Waals surface area contributed by atoms with Crippen LogP contribution < -0.4 is 27.4 Å². The highest BCUT2D eigenvalue weighted by Crippen LogP contribution is 2.01. The van der Waals surface area contributed by atoms with E-state index in [9.17, 15) is 24.0 Å². The molecule has 0 fully saturated rings. The van der Waals surface area contributed by atoms with E-state index in [0.717, 1.165) is 0 Å². The topological polar surface area (TPSA) is 214 Å². The van der Waals surface area contributed by atoms with Gasteiger partial charge in [-0.1, -0.05) is 6.42 Å². The monoisotopic (exact) mass is 403 g/mol. The number of amides is 3. The van der Waals surface area contributed by atoms with E-state index in [-0.39, 0.29) is 6.42 Å². The molecule has 0 spiro atoms. The number of rotatable bonds is 14. The van der Waals surface area contributed by atoms with Crippen LogP contribution in [0.5, 0.6) is 0 Å². The van der Waals surface area contributed by atoms with Crippen molar-refractivity contribution in [3.8, 4) is 0 Å². The van der Waals surface area contributed by atoms with Gasteiger partial charge in [0.25, 0.3) is 0 Å². The fourth-order valence-corrected chi connectivity index (χ4v) is 2.14. The first-order valence-corrected chi connectivity index (χ1v) is 8.86. The lowest BCUT2D eigenvalue weighted by atomic mass is 10.1. The van der Waals surface area contributed by atoms with Crippen LogP contribution in [0.25, 0.3) is 0 Å². The minimum absolute atomic E-state index is 0.244. The minimum atomic E-state index is -1.29. The summed E-state index contributed by atoms with van der Waals surface area (Å²) < 4.78 is 0. The average Bonchev–Trinajstić information content (AvgIpc) is 2.62. The molecule has 0 aliphatic rings. The molecule has 12 nitrogen and oxygen atoms in total. The summed E-state index contributed by atoms with van der Waals surface area (Å²) in [5.74, 6) is -4.59. The first kappa shape index (κ1) is 25.3. The summed E-state index contributed by atoms with van der Waals surface area (Å²) in [5, 5.41) is 24.2. The Morgan fingerprint density at radius 1 is 0.893 bits per heavy atom. The van der Waals surface area contributed by atoms with Crippen molar-refractivity contribution in [1.82, 2.24) is 16.0 Å². The number of hydrogen-bond donors (Lipinski definition) is 7. The number of carbonyl (C=O) groups is 5. The molecule has 0 saturated heterocycles. The maximum Gasteiger partial charge on any atom is 0.322 e. The van der Waals surface area contributed by atoms with Gasteiger partial charge in [-0.25, -0.2) is 0 Å². The first-order valence-electron chi connectivity index (χ1n) is 8.86. The highest BCUT2D eigenvalue weighted by molar-refractivity contribution is 5.93. The van der Waals surface area contributed by atoms with Crippen LogP contribution in [0, 0.1) is 0 Å². The smallest absolute Gasteiger partial charge is 0.322 e. The Labute approximate surface area is 162 Å². The van der Waals surface area contributed by atoms with Gasteiger partial charge in [-0.15, -0.1) is 0 Å². The second-order valence-corrected chi connectivity index (χ2v) is 6.23. The van der Waals surface area contributed by atoms with Crippen molar-refractivity contribution in [2.45, 2.75) is 57.2 Å². The summed E-state index contributed by atoms with van der Waals surface area (Å²) >= 11 is 0. The van der Waals surface area contributed by atoms with E-state index in [4.69, 9.17) is 21.7 Å². The maximum atomic E-state index is 12.2. The van der Waals surface area contributed by atoms with Gasteiger partial charge in [0.05, 0.1) is 6.04 Å². The molecule has 0 saturated carbocycles. The molecule has 0 aliphatic carbocycles. The highest BCUT2D eigenvalue weighted by atomic mass is 16.4. The summed E-state index contributed by atoms with van der Waals surface area (Å²) in [7, 11) is 0. The number of nitrogens with two attached hydrogens (primary N) is 2. The van der Waals surface area contributed by atoms with Gasteiger partial charge >= 0.3 is 11.9 Å². The van der Waals surface area contributed by atoms with Crippen molar-refractivity contribution < 1.29 is 34.2 Å². The average molecular weight is 403 g/mol. The Kier molecular flexibility index (Phi) is 12.1. The lowest BCUT2D eigenvalue weighted by molar-refractivity contribution is -0.140. The second kappa shape index (κ2) is 13.4. The van der Waals surface area contributed by atoms with E-state index in [2.05, 4.69) is 16.0 Å². The van der Waals surface area contributed by atoms with E-state index < -0.39 is 60.8 Å². The Hall–Kier alpha value is -2.73. The van der Waals surface area contributed by atoms with Gasteiger partial charge in [0.1, 0.15) is 18.6 Å². The molecular weight excluding hydrogens is 374 g/mol. The summed E-state index contributed by atoms with van der Waals surface area (Å²) in [6, 6.07) is -3.11. The predicted octanol–water partition coefficient (Wildman–Crippen LogP) is -2.50. The molecule has 160 valence electrons. The summed E-state index contributed by atoms with van der Waals surface area (Å²) in [4.78, 5) is 57.5. The summed E-state index contributed by atoms with van der Waals surface area (Å²) in [5.41, 5.74) is 11.1. The molecule has 0 heterocycles. The number of carboxylic acid groups (broad SMARTS) is 2. The number of unbranched alkanes of at least 4 members (excludes halogenated alkanes) is 1. The van der Waals surface area contributed by atoms with Crippen LogP contribution in [0.15, 0.2) is 0 Å². The van der Waals surface area contributed by atoms with E-state index in [1.165, 1.54) is 6.92 Å². The normalized spacial score (nSPS) is 13.7. The molecule has 0 aliphatic heterocycles. The molecule has 3 unspecified atom stereocenters. The minimum Gasteiger partial charge on any atom is -0.481 e. The lowest BCUT2D eigenvalue weighted by Crippen LogP contribution is -2.55. The number of carbonyl (C=O) groups excluding carboxylic acids is 3. The quantitative estimate of drug-likeness (QED) is 0.152. The molecule has 0 bridgehead atoms. The number of nitrogens with one attached hydrogen (secondary N) is 3. The first-order chi connectivity index (χ1) is 13.1. The molecule has 0 rings (SSSR count). The molecule has 0 aromatic rings. The van der Waals surface area contributed by atoms with Gasteiger partial charge in [0.15, 0.2) is 0 Å². The Morgan fingerprint density at radius 2 is 1.54 bits per heavy atom. The predicted molar refractivity (Wildman–Crippen MR) is 97.9 cm³/mol. The van der Waals surface area contributed by atoms with Crippen molar-refractivity contribution in [2.24, 2.45) is 11.5 Å². The third-order valence-electron chi connectivity index (χ3n) is 3.75. The van der Waals surface area contributed by atoms with Gasteiger partial charge in [0.2, 0.25) is 17.7 Å². The van der Waals surface area contributed by atoms with Crippen LogP contribution in [-0.2, 0) is 24.0 Å². The fourth-order valence-electron chi connectivity index (χ4n) is 2.14. The third-order valence-corrected chi connectivity index (χ3v) is 3.75. The van der Waals surface area contributed by atoms with Crippen LogP contribution in [0.4, 0.5) is 0 Å². The zero-order chi connectivity index (χ0) is 21.7. The van der Waals surface area contributed by atoms with Crippen LogP contribution in [0.2, 0.25) is 0 Å². The third kappa shape index (κ3) is 11.1. The van der Waals surface area contributed by atoms with Gasteiger partial charge in [0, 0.05) is 6.42 Å². The fraction of sp³-hybridized carbons (Fsp3) is 0.688.